The molecule has 3 N–H and O–H groups in total. The molecular formula is C7H8N4OS. The number of nitrogens with two attached hydrogens (primary N) is 1. The summed E-state index contributed by atoms with van der Waals surface area (Å²) in [6.45, 7) is 0.581. The van der Waals surface area contributed by atoms with Crippen LogP contribution < -0.4 is 5.73 Å². The number of nitrogens with one attached hydrogen (secondary N) is 1. The third-order valence-electron chi connectivity index (χ3n) is 1.71. The molecule has 0 aromatic carbocycles. The van der Waals surface area contributed by atoms with Gasteiger partial charge in [-0.25, -0.2) is 5.10 Å². The zero-order valence-electron chi connectivity index (χ0n) is 6.73. The molecule has 0 aliphatic rings. The number of anilines is 1. The molecule has 0 bridgehead atoms. The largest absolute Gasteiger partial charge is 0.472 e. The van der Waals surface area contributed by atoms with Crippen LogP contribution in [0.1, 0.15) is 5.56 Å². The van der Waals surface area contributed by atoms with Crippen molar-refractivity contribution < 1.29 is 4.42 Å². The first-order valence-electron chi connectivity index (χ1n) is 3.69. The van der Waals surface area contributed by atoms with Crippen molar-refractivity contribution in [3.8, 4) is 0 Å². The van der Waals surface area contributed by atoms with E-state index >= 15 is 0 Å². The number of H-pyrrole nitrogens is 1. The first-order valence-corrected chi connectivity index (χ1v) is 4.10. The minimum absolute atomic E-state index is 0.381. The fourth-order valence-corrected chi connectivity index (χ4v) is 1.25. The van der Waals surface area contributed by atoms with E-state index in [4.69, 9.17) is 22.4 Å². The highest BCUT2D eigenvalue weighted by Crippen LogP contribution is 2.06. The van der Waals surface area contributed by atoms with Crippen LogP contribution in [0.15, 0.2) is 23.0 Å². The Morgan fingerprint density at radius 3 is 3.08 bits per heavy atom. The van der Waals surface area contributed by atoms with Crippen molar-refractivity contribution in [2.45, 2.75) is 6.54 Å². The molecule has 68 valence electrons. The van der Waals surface area contributed by atoms with Crippen LogP contribution in [-0.2, 0) is 6.54 Å². The van der Waals surface area contributed by atoms with E-state index < -0.39 is 0 Å². The smallest absolute Gasteiger partial charge is 0.220 e. The van der Waals surface area contributed by atoms with Gasteiger partial charge in [0, 0.05) is 5.56 Å². The Balaban J connectivity index is 2.33. The standard InChI is InChI=1S/C7H8N4OS/c8-6-9-10-7(13)11(6)3-5-1-2-12-4-5/h1-2,4H,3H2,(H2,8,9)(H,10,13). The van der Waals surface area contributed by atoms with Gasteiger partial charge in [0.15, 0.2) is 4.77 Å². The van der Waals surface area contributed by atoms with Gasteiger partial charge >= 0.3 is 0 Å². The molecule has 0 saturated heterocycles. The van der Waals surface area contributed by atoms with Crippen LogP contribution in [0.2, 0.25) is 0 Å². The van der Waals surface area contributed by atoms with E-state index in [-0.39, 0.29) is 0 Å². The van der Waals surface area contributed by atoms with E-state index in [0.717, 1.165) is 5.56 Å². The molecule has 0 radical (unpaired) electrons. The lowest BCUT2D eigenvalue weighted by Crippen LogP contribution is -2.03. The quantitative estimate of drug-likeness (QED) is 0.707. The van der Waals surface area contributed by atoms with E-state index in [9.17, 15) is 0 Å². The number of furan rings is 1. The number of aromatic amines is 1. The van der Waals surface area contributed by atoms with E-state index in [1.54, 1.807) is 17.1 Å². The fraction of sp³-hybridized carbons (Fsp3) is 0.143. The molecule has 2 heterocycles. The van der Waals surface area contributed by atoms with Gasteiger partial charge in [0.2, 0.25) is 5.95 Å². The van der Waals surface area contributed by atoms with Gasteiger partial charge in [-0.05, 0) is 18.3 Å². The molecule has 0 atom stereocenters. The fourth-order valence-electron chi connectivity index (χ4n) is 1.05. The Kier molecular flexibility index (Phi) is 1.90. The summed E-state index contributed by atoms with van der Waals surface area (Å²) in [7, 11) is 0. The molecule has 0 saturated carbocycles. The van der Waals surface area contributed by atoms with Crippen LogP contribution in [0.4, 0.5) is 5.95 Å². The molecule has 0 spiro atoms. The van der Waals surface area contributed by atoms with Crippen LogP contribution in [-0.4, -0.2) is 14.8 Å². The molecule has 0 amide bonds. The first-order chi connectivity index (χ1) is 6.27. The minimum atomic E-state index is 0.381. The van der Waals surface area contributed by atoms with Crippen molar-refractivity contribution in [1.29, 1.82) is 0 Å². The van der Waals surface area contributed by atoms with Gasteiger partial charge in [-0.2, -0.15) is 0 Å². The van der Waals surface area contributed by atoms with Crippen molar-refractivity contribution in [2.24, 2.45) is 0 Å². The number of hydrogen-bond acceptors (Lipinski definition) is 4. The molecule has 2 rings (SSSR count). The van der Waals surface area contributed by atoms with Crippen molar-refractivity contribution in [1.82, 2.24) is 14.8 Å². The van der Waals surface area contributed by atoms with Gasteiger partial charge in [0.25, 0.3) is 0 Å². The Morgan fingerprint density at radius 2 is 2.54 bits per heavy atom. The van der Waals surface area contributed by atoms with Gasteiger partial charge in [-0.1, -0.05) is 0 Å². The highest BCUT2D eigenvalue weighted by atomic mass is 32.1. The topological polar surface area (TPSA) is 72.8 Å². The summed E-state index contributed by atoms with van der Waals surface area (Å²) in [5.74, 6) is 0.381. The predicted octanol–water partition coefficient (Wildman–Crippen LogP) is 1.16. The Hall–Kier alpha value is -1.56. The number of hydrogen-bond donors (Lipinski definition) is 2. The molecule has 13 heavy (non-hydrogen) atoms. The summed E-state index contributed by atoms with van der Waals surface area (Å²) in [5, 5.41) is 6.40. The average molecular weight is 196 g/mol. The normalized spacial score (nSPS) is 10.5. The van der Waals surface area contributed by atoms with E-state index in [1.165, 1.54) is 0 Å². The van der Waals surface area contributed by atoms with Crippen LogP contribution in [0, 0.1) is 4.77 Å². The van der Waals surface area contributed by atoms with Gasteiger partial charge in [0.1, 0.15) is 0 Å². The van der Waals surface area contributed by atoms with E-state index in [2.05, 4.69) is 10.2 Å². The van der Waals surface area contributed by atoms with E-state index in [0.29, 0.717) is 17.3 Å². The Labute approximate surface area is 79.2 Å². The number of rotatable bonds is 2. The molecular weight excluding hydrogens is 188 g/mol. The zero-order chi connectivity index (χ0) is 9.26. The molecule has 2 aromatic heterocycles. The zero-order valence-corrected chi connectivity index (χ0v) is 7.54. The van der Waals surface area contributed by atoms with Crippen molar-refractivity contribution in [3.63, 3.8) is 0 Å². The molecule has 5 nitrogen and oxygen atoms in total. The van der Waals surface area contributed by atoms with Crippen LogP contribution >= 0.6 is 12.2 Å². The van der Waals surface area contributed by atoms with Gasteiger partial charge in [-0.3, -0.25) is 4.57 Å². The maximum atomic E-state index is 5.58. The summed E-state index contributed by atoms with van der Waals surface area (Å²) in [5.41, 5.74) is 6.59. The second kappa shape index (κ2) is 3.06. The van der Waals surface area contributed by atoms with Crippen molar-refractivity contribution >= 4 is 18.2 Å². The summed E-state index contributed by atoms with van der Waals surface area (Å²) in [4.78, 5) is 0. The number of nitrogens with zero attached hydrogens (tertiary/aromatic N) is 2. The summed E-state index contributed by atoms with van der Waals surface area (Å²) in [6.07, 6.45) is 3.25. The second-order valence-electron chi connectivity index (χ2n) is 2.60. The van der Waals surface area contributed by atoms with Gasteiger partial charge in [-0.15, -0.1) is 5.10 Å². The van der Waals surface area contributed by atoms with Crippen molar-refractivity contribution in [3.05, 3.63) is 28.9 Å². The Morgan fingerprint density at radius 1 is 1.69 bits per heavy atom. The molecule has 0 unspecified atom stereocenters. The van der Waals surface area contributed by atoms with Crippen LogP contribution in [0.3, 0.4) is 0 Å². The van der Waals surface area contributed by atoms with Gasteiger partial charge < -0.3 is 10.2 Å². The lowest BCUT2D eigenvalue weighted by molar-refractivity contribution is 0.562. The van der Waals surface area contributed by atoms with Crippen molar-refractivity contribution in [2.75, 3.05) is 5.73 Å². The highest BCUT2D eigenvalue weighted by Gasteiger charge is 2.02. The van der Waals surface area contributed by atoms with Crippen LogP contribution in [0.25, 0.3) is 0 Å². The maximum Gasteiger partial charge on any atom is 0.220 e. The van der Waals surface area contributed by atoms with E-state index in [1.807, 2.05) is 6.07 Å². The summed E-state index contributed by atoms with van der Waals surface area (Å²) in [6, 6.07) is 1.86. The summed E-state index contributed by atoms with van der Waals surface area (Å²) < 4.78 is 7.13. The highest BCUT2D eigenvalue weighted by molar-refractivity contribution is 7.71. The van der Waals surface area contributed by atoms with Crippen LogP contribution in [0.5, 0.6) is 0 Å². The third kappa shape index (κ3) is 1.48. The number of nitrogen functional groups attached to an aromatic ring is 1. The molecule has 0 fully saturated rings. The third-order valence-corrected chi connectivity index (χ3v) is 2.02. The summed E-state index contributed by atoms with van der Waals surface area (Å²) >= 11 is 4.98. The minimum Gasteiger partial charge on any atom is -0.472 e. The molecule has 0 aliphatic carbocycles. The lowest BCUT2D eigenvalue weighted by atomic mass is 10.3. The molecule has 0 aliphatic heterocycles. The molecule has 6 heteroatoms. The lowest BCUT2D eigenvalue weighted by Gasteiger charge is -1.99. The number of aromatic nitrogens is 3. The second-order valence-corrected chi connectivity index (χ2v) is 2.99. The average Bonchev–Trinajstić information content (AvgIpc) is 2.70. The predicted molar refractivity (Wildman–Crippen MR) is 49.6 cm³/mol. The first kappa shape index (κ1) is 8.06. The monoisotopic (exact) mass is 196 g/mol. The van der Waals surface area contributed by atoms with Gasteiger partial charge in [0.05, 0.1) is 19.1 Å². The maximum absolute atomic E-state index is 5.58. The molecule has 2 aromatic rings. The Bertz CT molecular complexity index is 441. The SMILES string of the molecule is Nc1n[nH]c(=S)n1Cc1ccoc1.